The second kappa shape index (κ2) is 9.84. The summed E-state index contributed by atoms with van der Waals surface area (Å²) in [5.74, 6) is -1.10. The van der Waals surface area contributed by atoms with Crippen molar-refractivity contribution in [3.63, 3.8) is 0 Å². The number of hydrogen-bond acceptors (Lipinski definition) is 5. The molecule has 0 aliphatic carbocycles. The van der Waals surface area contributed by atoms with Gasteiger partial charge in [-0.2, -0.15) is 0 Å². The molecule has 0 fully saturated rings. The Morgan fingerprint density at radius 1 is 1.19 bits per heavy atom. The Bertz CT molecular complexity index is 1080. The largest absolute Gasteiger partial charge is 0.497 e. The van der Waals surface area contributed by atoms with Crippen LogP contribution in [0.25, 0.3) is 11.3 Å². The van der Waals surface area contributed by atoms with Gasteiger partial charge in [-0.25, -0.2) is 13.8 Å². The quantitative estimate of drug-likeness (QED) is 0.591. The molecule has 1 heterocycles. The van der Waals surface area contributed by atoms with Gasteiger partial charge in [0.15, 0.2) is 11.7 Å². The molecule has 3 rings (SSSR count). The monoisotopic (exact) mass is 429 g/mol. The first-order chi connectivity index (χ1) is 14.9. The molecule has 1 aromatic heterocycles. The molecule has 9 heteroatoms. The predicted octanol–water partition coefficient (Wildman–Crippen LogP) is 3.66. The number of nitrogens with one attached hydrogen (secondary N) is 1. The maximum absolute atomic E-state index is 13.9. The molecule has 2 amide bonds. The highest BCUT2D eigenvalue weighted by Crippen LogP contribution is 2.24. The molecule has 7 nitrogen and oxygen atoms in total. The molecule has 3 aromatic rings. The van der Waals surface area contributed by atoms with E-state index in [2.05, 4.69) is 10.3 Å². The van der Waals surface area contributed by atoms with E-state index in [1.54, 1.807) is 24.3 Å². The summed E-state index contributed by atoms with van der Waals surface area (Å²) in [5.41, 5.74) is 0.642. The number of nitrogens with zero attached hydrogens (tertiary/aromatic N) is 2. The number of aromatic nitrogens is 1. The number of rotatable bonds is 8. The number of aryl methyl sites for hydroxylation is 1. The van der Waals surface area contributed by atoms with Gasteiger partial charge in [0.2, 0.25) is 11.8 Å². The van der Waals surface area contributed by atoms with E-state index in [0.29, 0.717) is 11.4 Å². The zero-order chi connectivity index (χ0) is 22.4. The Balaban J connectivity index is 1.51. The first-order valence-electron chi connectivity index (χ1n) is 9.43. The van der Waals surface area contributed by atoms with E-state index in [9.17, 15) is 18.4 Å². The third kappa shape index (κ3) is 5.88. The van der Waals surface area contributed by atoms with Crippen LogP contribution in [-0.2, 0) is 16.0 Å². The molecule has 0 bridgehead atoms. The van der Waals surface area contributed by atoms with Crippen LogP contribution in [0.5, 0.6) is 5.75 Å². The Kier molecular flexibility index (Phi) is 6.96. The van der Waals surface area contributed by atoms with Gasteiger partial charge < -0.3 is 19.4 Å². The topological polar surface area (TPSA) is 84.7 Å². The predicted molar refractivity (Wildman–Crippen MR) is 109 cm³/mol. The normalized spacial score (nSPS) is 10.6. The number of benzene rings is 2. The van der Waals surface area contributed by atoms with Crippen LogP contribution in [0.15, 0.2) is 53.1 Å². The third-order valence-electron chi connectivity index (χ3n) is 4.46. The fourth-order valence-electron chi connectivity index (χ4n) is 2.85. The molecule has 0 radical (unpaired) electrons. The van der Waals surface area contributed by atoms with Crippen molar-refractivity contribution in [3.8, 4) is 17.1 Å². The second-order valence-corrected chi connectivity index (χ2v) is 6.77. The summed E-state index contributed by atoms with van der Waals surface area (Å²) in [6.45, 7) is -0.131. The van der Waals surface area contributed by atoms with Crippen molar-refractivity contribution >= 4 is 17.5 Å². The highest BCUT2D eigenvalue weighted by Gasteiger charge is 2.16. The van der Waals surface area contributed by atoms with Gasteiger partial charge in [-0.3, -0.25) is 9.59 Å². The first kappa shape index (κ1) is 21.9. The molecule has 31 heavy (non-hydrogen) atoms. The van der Waals surface area contributed by atoms with Gasteiger partial charge in [0.1, 0.15) is 17.4 Å². The molecule has 0 aliphatic rings. The highest BCUT2D eigenvalue weighted by atomic mass is 19.1. The highest BCUT2D eigenvalue weighted by molar-refractivity contribution is 5.94. The van der Waals surface area contributed by atoms with Crippen LogP contribution < -0.4 is 10.1 Å². The molecule has 0 saturated heterocycles. The summed E-state index contributed by atoms with van der Waals surface area (Å²) in [6, 6.07) is 10.0. The maximum Gasteiger partial charge on any atom is 0.243 e. The van der Waals surface area contributed by atoms with Crippen molar-refractivity contribution in [2.45, 2.75) is 12.8 Å². The molecule has 0 saturated carbocycles. The third-order valence-corrected chi connectivity index (χ3v) is 4.46. The number of likely N-dealkylation sites (N-methyl/N-ethyl adjacent to an activating group) is 1. The number of halogens is 2. The van der Waals surface area contributed by atoms with Gasteiger partial charge in [0.05, 0.1) is 25.4 Å². The Morgan fingerprint density at radius 2 is 2.00 bits per heavy atom. The van der Waals surface area contributed by atoms with E-state index in [1.807, 2.05) is 0 Å². The zero-order valence-corrected chi connectivity index (χ0v) is 17.0. The summed E-state index contributed by atoms with van der Waals surface area (Å²) in [7, 11) is 3.04. The summed E-state index contributed by atoms with van der Waals surface area (Å²) in [4.78, 5) is 29.8. The van der Waals surface area contributed by atoms with Crippen LogP contribution in [0.2, 0.25) is 0 Å². The van der Waals surface area contributed by atoms with E-state index in [0.717, 1.165) is 12.1 Å². The average Bonchev–Trinajstić information content (AvgIpc) is 3.20. The SMILES string of the molecule is COc1cccc(NC(=O)CN(C)C(=O)CCc2ncc(-c3ccc(F)cc3F)o2)c1. The van der Waals surface area contributed by atoms with E-state index < -0.39 is 11.6 Å². The Labute approximate surface area is 177 Å². The van der Waals surface area contributed by atoms with Crippen molar-refractivity contribution in [1.29, 1.82) is 0 Å². The van der Waals surface area contributed by atoms with E-state index in [4.69, 9.17) is 9.15 Å². The standard InChI is InChI=1S/C22H21F2N3O4/c1-27(13-20(28)26-15-4-3-5-16(11-15)30-2)22(29)9-8-21-25-12-19(31-21)17-7-6-14(23)10-18(17)24/h3-7,10-12H,8-9,13H2,1-2H3,(H,26,28). The van der Waals surface area contributed by atoms with Gasteiger partial charge >= 0.3 is 0 Å². The minimum absolute atomic E-state index is 0.0504. The minimum atomic E-state index is -0.763. The van der Waals surface area contributed by atoms with Gasteiger partial charge in [-0.05, 0) is 24.3 Å². The second-order valence-electron chi connectivity index (χ2n) is 6.77. The van der Waals surface area contributed by atoms with Gasteiger partial charge in [-0.15, -0.1) is 0 Å². The number of hydrogen-bond donors (Lipinski definition) is 1. The zero-order valence-electron chi connectivity index (χ0n) is 17.0. The van der Waals surface area contributed by atoms with Crippen LogP contribution in [0, 0.1) is 11.6 Å². The molecular weight excluding hydrogens is 408 g/mol. The number of methoxy groups -OCH3 is 1. The van der Waals surface area contributed by atoms with Gasteiger partial charge in [0, 0.05) is 37.7 Å². The van der Waals surface area contributed by atoms with Crippen molar-refractivity contribution in [2.24, 2.45) is 0 Å². The molecule has 0 aliphatic heterocycles. The van der Waals surface area contributed by atoms with Crippen LogP contribution in [-0.4, -0.2) is 42.4 Å². The van der Waals surface area contributed by atoms with Gasteiger partial charge in [-0.1, -0.05) is 6.07 Å². The van der Waals surface area contributed by atoms with Crippen LogP contribution in [0.1, 0.15) is 12.3 Å². The van der Waals surface area contributed by atoms with Crippen molar-refractivity contribution in [2.75, 3.05) is 26.0 Å². The molecule has 2 aromatic carbocycles. The number of amides is 2. The average molecular weight is 429 g/mol. The molecule has 0 unspecified atom stereocenters. The summed E-state index contributed by atoms with van der Waals surface area (Å²) >= 11 is 0. The van der Waals surface area contributed by atoms with Crippen LogP contribution >= 0.6 is 0 Å². The number of carbonyl (C=O) groups excluding carboxylic acids is 2. The molecule has 162 valence electrons. The fraction of sp³-hybridized carbons (Fsp3) is 0.227. The molecule has 1 N–H and O–H groups in total. The van der Waals surface area contributed by atoms with E-state index in [-0.39, 0.29) is 48.4 Å². The van der Waals surface area contributed by atoms with Gasteiger partial charge in [0.25, 0.3) is 0 Å². The first-order valence-corrected chi connectivity index (χ1v) is 9.43. The van der Waals surface area contributed by atoms with Crippen molar-refractivity contribution in [3.05, 3.63) is 66.2 Å². The lowest BCUT2D eigenvalue weighted by Crippen LogP contribution is -2.35. The summed E-state index contributed by atoms with van der Waals surface area (Å²) < 4.78 is 37.5. The molecular formula is C22H21F2N3O4. The Morgan fingerprint density at radius 3 is 2.74 bits per heavy atom. The number of ether oxygens (including phenoxy) is 1. The lowest BCUT2D eigenvalue weighted by molar-refractivity contribution is -0.133. The lowest BCUT2D eigenvalue weighted by atomic mass is 10.2. The van der Waals surface area contributed by atoms with Crippen molar-refractivity contribution in [1.82, 2.24) is 9.88 Å². The Hall–Kier alpha value is -3.75. The smallest absolute Gasteiger partial charge is 0.243 e. The number of anilines is 1. The maximum atomic E-state index is 13.9. The summed E-state index contributed by atoms with van der Waals surface area (Å²) in [5, 5.41) is 2.70. The summed E-state index contributed by atoms with van der Waals surface area (Å²) in [6.07, 6.45) is 1.54. The van der Waals surface area contributed by atoms with E-state index >= 15 is 0 Å². The number of carbonyl (C=O) groups is 2. The molecule has 0 atom stereocenters. The lowest BCUT2D eigenvalue weighted by Gasteiger charge is -2.16. The molecule has 0 spiro atoms. The van der Waals surface area contributed by atoms with Crippen molar-refractivity contribution < 1.29 is 27.5 Å². The number of oxazole rings is 1. The minimum Gasteiger partial charge on any atom is -0.497 e. The van der Waals surface area contributed by atoms with E-state index in [1.165, 1.54) is 31.3 Å². The van der Waals surface area contributed by atoms with Crippen LogP contribution in [0.3, 0.4) is 0 Å². The fourth-order valence-corrected chi connectivity index (χ4v) is 2.85. The van der Waals surface area contributed by atoms with Crippen LogP contribution in [0.4, 0.5) is 14.5 Å².